The van der Waals surface area contributed by atoms with E-state index in [0.717, 1.165) is 50.6 Å². The van der Waals surface area contributed by atoms with Gasteiger partial charge >= 0.3 is 0 Å². The van der Waals surface area contributed by atoms with Crippen molar-refractivity contribution in [3.8, 4) is 0 Å². The zero-order valence-electron chi connectivity index (χ0n) is 26.6. The highest BCUT2D eigenvalue weighted by Gasteiger charge is 2.66. The molecule has 2 unspecified atom stereocenters. The van der Waals surface area contributed by atoms with Gasteiger partial charge in [-0.1, -0.05) is 68.4 Å². The first-order chi connectivity index (χ1) is 21.5. The SMILES string of the molecule is CC1(C)C2CC[C@@]1(CS(=O)(=O)N1CCC3(CCc4ccccc43)CC1)C(NC(=O)[C@@H](N)Cc1cn(Cc3ccccc3)cn1)C2. The van der Waals surface area contributed by atoms with Crippen molar-refractivity contribution in [1.29, 1.82) is 0 Å². The maximum Gasteiger partial charge on any atom is 0.237 e. The number of piperidine rings is 1. The molecule has 240 valence electrons. The molecule has 2 saturated carbocycles. The van der Waals surface area contributed by atoms with Gasteiger partial charge in [-0.3, -0.25) is 4.79 Å². The number of nitrogens with two attached hydrogens (primary N) is 1. The number of rotatable bonds is 9. The number of carbonyl (C=O) groups is 1. The third-order valence-electron chi connectivity index (χ3n) is 12.4. The summed E-state index contributed by atoms with van der Waals surface area (Å²) in [5.41, 5.74) is 10.6. The van der Waals surface area contributed by atoms with Crippen molar-refractivity contribution in [3.63, 3.8) is 0 Å². The predicted octanol–water partition coefficient (Wildman–Crippen LogP) is 4.42. The molecule has 1 amide bonds. The molecule has 2 aromatic carbocycles. The number of carbonyl (C=O) groups excluding carboxylic acids is 1. The van der Waals surface area contributed by atoms with Crippen LogP contribution in [0.5, 0.6) is 0 Å². The molecular formula is C36H47N5O3S. The molecule has 9 heteroatoms. The smallest absolute Gasteiger partial charge is 0.237 e. The van der Waals surface area contributed by atoms with Crippen LogP contribution in [0.15, 0.2) is 67.1 Å². The van der Waals surface area contributed by atoms with Crippen LogP contribution in [0, 0.1) is 16.7 Å². The third kappa shape index (κ3) is 5.34. The lowest BCUT2D eigenvalue weighted by atomic mass is 9.69. The van der Waals surface area contributed by atoms with Crippen LogP contribution in [0.2, 0.25) is 0 Å². The van der Waals surface area contributed by atoms with Crippen molar-refractivity contribution in [2.75, 3.05) is 18.8 Å². The van der Waals surface area contributed by atoms with Gasteiger partial charge in [-0.25, -0.2) is 17.7 Å². The molecule has 3 aliphatic carbocycles. The highest BCUT2D eigenvalue weighted by molar-refractivity contribution is 7.89. The highest BCUT2D eigenvalue weighted by atomic mass is 32.2. The Hall–Kier alpha value is -3.01. The number of nitrogens with one attached hydrogen (secondary N) is 1. The van der Waals surface area contributed by atoms with Gasteiger partial charge in [0.1, 0.15) is 0 Å². The molecule has 2 bridgehead atoms. The van der Waals surface area contributed by atoms with Gasteiger partial charge in [-0.2, -0.15) is 0 Å². The van der Waals surface area contributed by atoms with E-state index in [1.807, 2.05) is 29.0 Å². The number of benzene rings is 2. The summed E-state index contributed by atoms with van der Waals surface area (Å²) in [5, 5.41) is 3.27. The molecule has 1 aliphatic heterocycles. The van der Waals surface area contributed by atoms with E-state index in [4.69, 9.17) is 5.73 Å². The first kappa shape index (κ1) is 30.6. The maximum absolute atomic E-state index is 14.2. The second-order valence-corrected chi connectivity index (χ2v) is 16.8. The number of hydrogen-bond donors (Lipinski definition) is 2. The number of fused-ring (bicyclic) bond motifs is 4. The van der Waals surface area contributed by atoms with Crippen molar-refractivity contribution >= 4 is 15.9 Å². The number of aromatic nitrogens is 2. The molecule has 8 nitrogen and oxygen atoms in total. The van der Waals surface area contributed by atoms with Crippen LogP contribution in [0.4, 0.5) is 0 Å². The van der Waals surface area contributed by atoms with Gasteiger partial charge in [0.05, 0.1) is 23.8 Å². The number of amides is 1. The Balaban J connectivity index is 1.01. The molecule has 0 radical (unpaired) electrons. The molecule has 1 saturated heterocycles. The van der Waals surface area contributed by atoms with Crippen LogP contribution >= 0.6 is 0 Å². The van der Waals surface area contributed by atoms with Gasteiger partial charge in [0.2, 0.25) is 15.9 Å². The Morgan fingerprint density at radius 1 is 1.04 bits per heavy atom. The Bertz CT molecular complexity index is 1660. The van der Waals surface area contributed by atoms with Gasteiger partial charge in [0, 0.05) is 43.7 Å². The zero-order valence-corrected chi connectivity index (χ0v) is 27.4. The van der Waals surface area contributed by atoms with Gasteiger partial charge < -0.3 is 15.6 Å². The van der Waals surface area contributed by atoms with Crippen molar-refractivity contribution < 1.29 is 13.2 Å². The minimum absolute atomic E-state index is 0.0805. The van der Waals surface area contributed by atoms with Gasteiger partial charge in [0.25, 0.3) is 0 Å². The summed E-state index contributed by atoms with van der Waals surface area (Å²) >= 11 is 0. The first-order valence-electron chi connectivity index (χ1n) is 16.7. The Labute approximate surface area is 267 Å². The fourth-order valence-electron chi connectivity index (χ4n) is 9.51. The van der Waals surface area contributed by atoms with E-state index in [2.05, 4.69) is 60.5 Å². The Morgan fingerprint density at radius 3 is 2.53 bits per heavy atom. The lowest BCUT2D eigenvalue weighted by Crippen LogP contribution is -2.57. The Kier molecular flexibility index (Phi) is 7.73. The summed E-state index contributed by atoms with van der Waals surface area (Å²) in [4.78, 5) is 18.0. The van der Waals surface area contributed by atoms with Gasteiger partial charge in [-0.15, -0.1) is 0 Å². The van der Waals surface area contributed by atoms with Gasteiger partial charge in [0.15, 0.2) is 0 Å². The summed E-state index contributed by atoms with van der Waals surface area (Å²) < 4.78 is 32.1. The van der Waals surface area contributed by atoms with E-state index in [1.54, 1.807) is 10.6 Å². The molecule has 2 heterocycles. The van der Waals surface area contributed by atoms with E-state index in [0.29, 0.717) is 32.0 Å². The molecule has 4 aliphatic rings. The predicted molar refractivity (Wildman–Crippen MR) is 176 cm³/mol. The van der Waals surface area contributed by atoms with E-state index in [-0.39, 0.29) is 28.5 Å². The van der Waals surface area contributed by atoms with Crippen molar-refractivity contribution in [3.05, 3.63) is 89.5 Å². The lowest BCUT2D eigenvalue weighted by Gasteiger charge is -2.45. The molecule has 7 rings (SSSR count). The standard InChI is InChI=1S/C36H47N5O3S/c1-34(2)28-13-15-36(34,24-45(43,44)41-18-16-35(17-19-41)14-12-27-10-6-7-11-30(27)35)32(20-28)39-33(42)31(37)21-29-23-40(25-38-29)22-26-8-4-3-5-9-26/h3-11,23,25,28,31-32H,12-22,24,37H2,1-2H3,(H,39,42)/t28?,31-,32?,36+/m0/s1. The first-order valence-corrected chi connectivity index (χ1v) is 18.3. The average Bonchev–Trinajstić information content (AvgIpc) is 3.73. The summed E-state index contributed by atoms with van der Waals surface area (Å²) in [6, 6.07) is 17.9. The summed E-state index contributed by atoms with van der Waals surface area (Å²) in [7, 11) is -3.53. The van der Waals surface area contributed by atoms with Crippen LogP contribution in [0.1, 0.15) is 74.8 Å². The summed E-state index contributed by atoms with van der Waals surface area (Å²) in [6.45, 7) is 6.26. The number of aryl methyl sites for hydroxylation is 1. The fraction of sp³-hybridized carbons (Fsp3) is 0.556. The van der Waals surface area contributed by atoms with E-state index < -0.39 is 21.5 Å². The van der Waals surface area contributed by atoms with Crippen molar-refractivity contribution in [1.82, 2.24) is 19.2 Å². The van der Waals surface area contributed by atoms with Crippen molar-refractivity contribution in [2.24, 2.45) is 22.5 Å². The van der Waals surface area contributed by atoms with Crippen LogP contribution in [-0.4, -0.2) is 59.1 Å². The molecular weight excluding hydrogens is 582 g/mol. The van der Waals surface area contributed by atoms with Crippen molar-refractivity contribution in [2.45, 2.75) is 89.3 Å². The molecule has 3 aromatic rings. The summed E-state index contributed by atoms with van der Waals surface area (Å²) in [5.74, 6) is 0.233. The molecule has 3 fully saturated rings. The van der Waals surface area contributed by atoms with Crippen LogP contribution in [-0.2, 0) is 39.6 Å². The normalized spacial score (nSPS) is 27.4. The number of sulfonamides is 1. The average molecular weight is 630 g/mol. The molecule has 1 spiro atoms. The Morgan fingerprint density at radius 2 is 1.78 bits per heavy atom. The van der Waals surface area contributed by atoms with Gasteiger partial charge in [-0.05, 0) is 78.4 Å². The molecule has 45 heavy (non-hydrogen) atoms. The number of hydrogen-bond acceptors (Lipinski definition) is 5. The minimum atomic E-state index is -3.53. The fourth-order valence-corrected chi connectivity index (χ4v) is 11.8. The second kappa shape index (κ2) is 11.4. The minimum Gasteiger partial charge on any atom is -0.351 e. The van der Waals surface area contributed by atoms with Crippen LogP contribution < -0.4 is 11.1 Å². The van der Waals surface area contributed by atoms with E-state index in [9.17, 15) is 13.2 Å². The quantitative estimate of drug-likeness (QED) is 0.364. The second-order valence-electron chi connectivity index (χ2n) is 14.8. The molecule has 1 aromatic heterocycles. The van der Waals surface area contributed by atoms with Crippen LogP contribution in [0.25, 0.3) is 0 Å². The maximum atomic E-state index is 14.2. The van der Waals surface area contributed by atoms with Crippen LogP contribution in [0.3, 0.4) is 0 Å². The monoisotopic (exact) mass is 629 g/mol. The summed E-state index contributed by atoms with van der Waals surface area (Å²) in [6.07, 6.45) is 10.6. The van der Waals surface area contributed by atoms with E-state index in [1.165, 1.54) is 16.7 Å². The lowest BCUT2D eigenvalue weighted by molar-refractivity contribution is -0.124. The van der Waals surface area contributed by atoms with E-state index >= 15 is 0 Å². The highest BCUT2D eigenvalue weighted by Crippen LogP contribution is 2.66. The topological polar surface area (TPSA) is 110 Å². The number of nitrogens with zero attached hydrogens (tertiary/aromatic N) is 3. The number of imidazole rings is 1. The molecule has 3 N–H and O–H groups in total. The molecule has 4 atom stereocenters. The third-order valence-corrected chi connectivity index (χ3v) is 14.4. The zero-order chi connectivity index (χ0) is 31.5. The largest absolute Gasteiger partial charge is 0.351 e.